The molecule has 2 nitrogen and oxygen atoms in total. The summed E-state index contributed by atoms with van der Waals surface area (Å²) in [5.74, 6) is 0.841. The van der Waals surface area contributed by atoms with E-state index in [0.717, 1.165) is 25.9 Å². The maximum absolute atomic E-state index is 10.7. The molecule has 0 N–H and O–H groups in total. The van der Waals surface area contributed by atoms with Gasteiger partial charge in [-0.25, -0.2) is 0 Å². The highest BCUT2D eigenvalue weighted by atomic mass is 16.5. The van der Waals surface area contributed by atoms with Crippen LogP contribution in [0.5, 0.6) is 0 Å². The SMILES string of the molecule is COCCCCC(C)CC(C)=O. The van der Waals surface area contributed by atoms with Crippen molar-refractivity contribution in [1.29, 1.82) is 0 Å². The summed E-state index contributed by atoms with van der Waals surface area (Å²) in [7, 11) is 1.72. The number of methoxy groups -OCH3 is 1. The number of ether oxygens (including phenoxy) is 1. The Morgan fingerprint density at radius 3 is 2.58 bits per heavy atom. The number of carbonyl (C=O) groups is 1. The molecular formula is C10H20O2. The van der Waals surface area contributed by atoms with Crippen LogP contribution in [0.1, 0.15) is 39.5 Å². The van der Waals surface area contributed by atoms with Gasteiger partial charge in [-0.3, -0.25) is 0 Å². The van der Waals surface area contributed by atoms with E-state index in [4.69, 9.17) is 4.74 Å². The van der Waals surface area contributed by atoms with E-state index in [2.05, 4.69) is 6.92 Å². The van der Waals surface area contributed by atoms with Crippen molar-refractivity contribution in [2.45, 2.75) is 39.5 Å². The number of carbonyl (C=O) groups excluding carboxylic acids is 1. The Morgan fingerprint density at radius 2 is 2.08 bits per heavy atom. The van der Waals surface area contributed by atoms with E-state index in [0.29, 0.717) is 11.7 Å². The van der Waals surface area contributed by atoms with Crippen molar-refractivity contribution in [3.05, 3.63) is 0 Å². The van der Waals surface area contributed by atoms with Gasteiger partial charge in [0.2, 0.25) is 0 Å². The second kappa shape index (κ2) is 7.29. The van der Waals surface area contributed by atoms with E-state index >= 15 is 0 Å². The average molecular weight is 172 g/mol. The van der Waals surface area contributed by atoms with Crippen molar-refractivity contribution in [2.75, 3.05) is 13.7 Å². The Kier molecular flexibility index (Phi) is 7.06. The second-order valence-electron chi connectivity index (χ2n) is 3.50. The molecule has 0 aliphatic rings. The van der Waals surface area contributed by atoms with Gasteiger partial charge in [-0.15, -0.1) is 0 Å². The van der Waals surface area contributed by atoms with Gasteiger partial charge in [0.05, 0.1) is 0 Å². The summed E-state index contributed by atoms with van der Waals surface area (Å²) in [4.78, 5) is 10.7. The van der Waals surface area contributed by atoms with Crippen LogP contribution >= 0.6 is 0 Å². The number of ketones is 1. The first kappa shape index (κ1) is 11.6. The third kappa shape index (κ3) is 7.73. The van der Waals surface area contributed by atoms with E-state index in [-0.39, 0.29) is 0 Å². The fourth-order valence-corrected chi connectivity index (χ4v) is 1.33. The van der Waals surface area contributed by atoms with Crippen LogP contribution in [0, 0.1) is 5.92 Å². The van der Waals surface area contributed by atoms with Gasteiger partial charge in [-0.1, -0.05) is 19.8 Å². The second-order valence-corrected chi connectivity index (χ2v) is 3.50. The molecule has 12 heavy (non-hydrogen) atoms. The van der Waals surface area contributed by atoms with Crippen LogP contribution in [-0.2, 0) is 9.53 Å². The molecule has 0 radical (unpaired) electrons. The van der Waals surface area contributed by atoms with E-state index in [9.17, 15) is 4.79 Å². The molecular weight excluding hydrogens is 152 g/mol. The summed E-state index contributed by atoms with van der Waals surface area (Å²) in [5, 5.41) is 0. The van der Waals surface area contributed by atoms with Gasteiger partial charge in [-0.2, -0.15) is 0 Å². The molecule has 0 heterocycles. The molecule has 0 fully saturated rings. The fraction of sp³-hybridized carbons (Fsp3) is 0.900. The lowest BCUT2D eigenvalue weighted by Gasteiger charge is -2.07. The minimum absolute atomic E-state index is 0.300. The Labute approximate surface area is 75.3 Å². The molecule has 0 saturated heterocycles. The zero-order chi connectivity index (χ0) is 9.40. The van der Waals surface area contributed by atoms with Crippen LogP contribution in [0.2, 0.25) is 0 Å². The van der Waals surface area contributed by atoms with E-state index < -0.39 is 0 Å². The van der Waals surface area contributed by atoms with Crippen molar-refractivity contribution in [1.82, 2.24) is 0 Å². The van der Waals surface area contributed by atoms with Gasteiger partial charge in [0.15, 0.2) is 0 Å². The molecule has 0 aliphatic heterocycles. The lowest BCUT2D eigenvalue weighted by atomic mass is 9.99. The summed E-state index contributed by atoms with van der Waals surface area (Å²) in [6, 6.07) is 0. The predicted molar refractivity (Wildman–Crippen MR) is 50.2 cm³/mol. The van der Waals surface area contributed by atoms with Crippen LogP contribution in [0.3, 0.4) is 0 Å². The van der Waals surface area contributed by atoms with Crippen LogP contribution in [0.25, 0.3) is 0 Å². The van der Waals surface area contributed by atoms with E-state index in [1.54, 1.807) is 14.0 Å². The largest absolute Gasteiger partial charge is 0.385 e. The highest BCUT2D eigenvalue weighted by Crippen LogP contribution is 2.11. The molecule has 0 amide bonds. The number of rotatable bonds is 7. The third-order valence-electron chi connectivity index (χ3n) is 1.93. The molecule has 0 aromatic rings. The van der Waals surface area contributed by atoms with Gasteiger partial charge >= 0.3 is 0 Å². The average Bonchev–Trinajstić information content (AvgIpc) is 1.97. The topological polar surface area (TPSA) is 26.3 Å². The number of unbranched alkanes of at least 4 members (excludes halogenated alkanes) is 1. The molecule has 0 rings (SSSR count). The van der Waals surface area contributed by atoms with Gasteiger partial charge in [0.25, 0.3) is 0 Å². The van der Waals surface area contributed by atoms with Crippen molar-refractivity contribution in [2.24, 2.45) is 5.92 Å². The normalized spacial score (nSPS) is 12.9. The standard InChI is InChI=1S/C10H20O2/c1-9(8-10(2)11)6-4-5-7-12-3/h9H,4-8H2,1-3H3. The Morgan fingerprint density at radius 1 is 1.42 bits per heavy atom. The number of hydrogen-bond acceptors (Lipinski definition) is 2. The zero-order valence-corrected chi connectivity index (χ0v) is 8.43. The molecule has 0 saturated carbocycles. The van der Waals surface area contributed by atoms with Gasteiger partial charge < -0.3 is 9.53 Å². The Bertz CT molecular complexity index is 121. The summed E-state index contributed by atoms with van der Waals surface area (Å²) >= 11 is 0. The van der Waals surface area contributed by atoms with Crippen molar-refractivity contribution < 1.29 is 9.53 Å². The maximum atomic E-state index is 10.7. The summed E-state index contributed by atoms with van der Waals surface area (Å²) in [6.07, 6.45) is 4.15. The van der Waals surface area contributed by atoms with Crippen molar-refractivity contribution in [3.8, 4) is 0 Å². The first-order chi connectivity index (χ1) is 5.66. The lowest BCUT2D eigenvalue weighted by Crippen LogP contribution is -2.02. The summed E-state index contributed by atoms with van der Waals surface area (Å²) in [6.45, 7) is 4.63. The molecule has 0 aromatic carbocycles. The fourth-order valence-electron chi connectivity index (χ4n) is 1.33. The molecule has 1 atom stereocenters. The monoisotopic (exact) mass is 172 g/mol. The molecule has 1 unspecified atom stereocenters. The van der Waals surface area contributed by atoms with Crippen LogP contribution in [0.4, 0.5) is 0 Å². The first-order valence-electron chi connectivity index (χ1n) is 4.65. The predicted octanol–water partition coefficient (Wildman–Crippen LogP) is 2.42. The lowest BCUT2D eigenvalue weighted by molar-refractivity contribution is -0.117. The number of Topliss-reactive ketones (excluding diaryl/α,β-unsaturated/α-hetero) is 1. The van der Waals surface area contributed by atoms with E-state index in [1.807, 2.05) is 0 Å². The van der Waals surface area contributed by atoms with Gasteiger partial charge in [0.1, 0.15) is 5.78 Å². The highest BCUT2D eigenvalue weighted by Gasteiger charge is 2.04. The molecule has 2 heteroatoms. The highest BCUT2D eigenvalue weighted by molar-refractivity contribution is 5.75. The zero-order valence-electron chi connectivity index (χ0n) is 8.43. The Balaban J connectivity index is 3.19. The van der Waals surface area contributed by atoms with E-state index in [1.165, 1.54) is 6.42 Å². The van der Waals surface area contributed by atoms with Crippen molar-refractivity contribution >= 4 is 5.78 Å². The minimum atomic E-state index is 0.300. The van der Waals surface area contributed by atoms with Crippen LogP contribution in [-0.4, -0.2) is 19.5 Å². The van der Waals surface area contributed by atoms with Crippen molar-refractivity contribution in [3.63, 3.8) is 0 Å². The summed E-state index contributed by atoms with van der Waals surface area (Å²) in [5.41, 5.74) is 0. The number of hydrogen-bond donors (Lipinski definition) is 0. The summed E-state index contributed by atoms with van der Waals surface area (Å²) < 4.78 is 4.94. The van der Waals surface area contributed by atoms with Crippen LogP contribution in [0.15, 0.2) is 0 Å². The maximum Gasteiger partial charge on any atom is 0.130 e. The third-order valence-corrected chi connectivity index (χ3v) is 1.93. The van der Waals surface area contributed by atoms with Gasteiger partial charge in [0, 0.05) is 20.1 Å². The first-order valence-corrected chi connectivity index (χ1v) is 4.65. The molecule has 0 aromatic heterocycles. The van der Waals surface area contributed by atoms with Crippen LogP contribution < -0.4 is 0 Å². The Hall–Kier alpha value is -0.370. The van der Waals surface area contributed by atoms with Gasteiger partial charge in [-0.05, 0) is 19.3 Å². The molecule has 0 spiro atoms. The molecule has 72 valence electrons. The molecule has 0 bridgehead atoms. The minimum Gasteiger partial charge on any atom is -0.385 e. The smallest absolute Gasteiger partial charge is 0.130 e. The quantitative estimate of drug-likeness (QED) is 0.551. The molecule has 0 aliphatic carbocycles.